The maximum Gasteiger partial charge on any atom is 0.150 e. The second-order valence-corrected chi connectivity index (χ2v) is 7.16. The molecule has 0 saturated carbocycles. The predicted octanol–water partition coefficient (Wildman–Crippen LogP) is 4.66. The van der Waals surface area contributed by atoms with Crippen LogP contribution in [-0.2, 0) is 4.74 Å². The molecule has 0 amide bonds. The Labute approximate surface area is 190 Å². The summed E-state index contributed by atoms with van der Waals surface area (Å²) < 4.78 is 4.25. The molecule has 0 bridgehead atoms. The van der Waals surface area contributed by atoms with E-state index < -0.39 is 6.10 Å². The molecule has 0 fully saturated rings. The summed E-state index contributed by atoms with van der Waals surface area (Å²) in [5, 5.41) is 17.0. The number of carbonyl (C=O) groups is 1. The summed E-state index contributed by atoms with van der Waals surface area (Å²) in [6.45, 7) is 9.03. The average molecular weight is 443 g/mol. The zero-order valence-electron chi connectivity index (χ0n) is 18.1. The van der Waals surface area contributed by atoms with Crippen LogP contribution in [0.1, 0.15) is 10.4 Å². The molecular weight excluding hydrogens is 412 g/mol. The van der Waals surface area contributed by atoms with E-state index in [2.05, 4.69) is 28.5 Å². The van der Waals surface area contributed by atoms with Gasteiger partial charge in [0.1, 0.15) is 6.29 Å². The smallest absolute Gasteiger partial charge is 0.150 e. The van der Waals surface area contributed by atoms with E-state index in [1.807, 2.05) is 42.5 Å². The van der Waals surface area contributed by atoms with Gasteiger partial charge in [-0.15, -0.1) is 0 Å². The van der Waals surface area contributed by atoms with E-state index in [0.29, 0.717) is 35.8 Å². The Bertz CT molecular complexity index is 881. The molecule has 1 atom stereocenters. The number of anilines is 1. The van der Waals surface area contributed by atoms with Crippen LogP contribution in [0.25, 0.3) is 11.1 Å². The summed E-state index contributed by atoms with van der Waals surface area (Å²) in [4.78, 5) is 11.0. The quantitative estimate of drug-likeness (QED) is 0.268. The SMILES string of the molecule is C=C/C(=C\C(=C)Cl)C(O)CNCCNc1cccc(-c2cccc(C=O)c2)c1.COC. The number of aliphatic hydroxyl groups is 1. The van der Waals surface area contributed by atoms with Crippen molar-refractivity contribution >= 4 is 23.6 Å². The molecule has 5 nitrogen and oxygen atoms in total. The molecular formula is C25H31ClN2O3. The van der Waals surface area contributed by atoms with Crippen LogP contribution < -0.4 is 10.6 Å². The minimum absolute atomic E-state index is 0.356. The van der Waals surface area contributed by atoms with Crippen LogP contribution in [0, 0.1) is 0 Å². The minimum atomic E-state index is -0.693. The van der Waals surface area contributed by atoms with Crippen LogP contribution in [0.2, 0.25) is 0 Å². The van der Waals surface area contributed by atoms with Crippen molar-refractivity contribution in [1.29, 1.82) is 0 Å². The Morgan fingerprint density at radius 1 is 1.16 bits per heavy atom. The number of aliphatic hydroxyl groups excluding tert-OH is 1. The van der Waals surface area contributed by atoms with Gasteiger partial charge in [-0.2, -0.15) is 0 Å². The molecule has 2 aromatic rings. The Hall–Kier alpha value is -2.70. The van der Waals surface area contributed by atoms with Crippen molar-refractivity contribution in [3.8, 4) is 11.1 Å². The van der Waals surface area contributed by atoms with Crippen LogP contribution in [0.3, 0.4) is 0 Å². The van der Waals surface area contributed by atoms with E-state index >= 15 is 0 Å². The topological polar surface area (TPSA) is 70.6 Å². The molecule has 2 aromatic carbocycles. The largest absolute Gasteiger partial charge is 0.388 e. The fourth-order valence-electron chi connectivity index (χ4n) is 2.72. The van der Waals surface area contributed by atoms with E-state index in [0.717, 1.165) is 23.1 Å². The first-order chi connectivity index (χ1) is 14.9. The highest BCUT2D eigenvalue weighted by atomic mass is 35.5. The summed E-state index contributed by atoms with van der Waals surface area (Å²) in [6, 6.07) is 15.5. The van der Waals surface area contributed by atoms with E-state index in [9.17, 15) is 9.90 Å². The molecule has 3 N–H and O–H groups in total. The van der Waals surface area contributed by atoms with Crippen LogP contribution in [0.5, 0.6) is 0 Å². The van der Waals surface area contributed by atoms with Crippen LogP contribution >= 0.6 is 11.6 Å². The zero-order valence-corrected chi connectivity index (χ0v) is 18.9. The van der Waals surface area contributed by atoms with Crippen LogP contribution in [0.15, 0.2) is 84.4 Å². The molecule has 0 aromatic heterocycles. The van der Waals surface area contributed by atoms with Gasteiger partial charge in [0.25, 0.3) is 0 Å². The third kappa shape index (κ3) is 10.2. The number of methoxy groups -OCH3 is 1. The standard InChI is InChI=1S/C23H25ClN2O2.C2H6O/c1-3-19(12-17(2)24)23(28)15-25-10-11-26-22-9-5-8-21(14-22)20-7-4-6-18(13-20)16-27;1-3-2/h3-9,12-14,16,23,25-26,28H,1-2,10-11,15H2;1-2H3/b19-12+;. The minimum Gasteiger partial charge on any atom is -0.388 e. The highest BCUT2D eigenvalue weighted by Gasteiger charge is 2.07. The molecule has 0 aliphatic rings. The number of benzene rings is 2. The number of nitrogens with one attached hydrogen (secondary N) is 2. The maximum atomic E-state index is 11.0. The highest BCUT2D eigenvalue weighted by Crippen LogP contribution is 2.23. The molecule has 0 saturated heterocycles. The fraction of sp³-hybridized carbons (Fsp3) is 0.240. The first-order valence-electron chi connectivity index (χ1n) is 9.82. The van der Waals surface area contributed by atoms with Crippen molar-refractivity contribution in [3.05, 3.63) is 90.0 Å². The summed E-state index contributed by atoms with van der Waals surface area (Å²) >= 11 is 5.74. The molecule has 0 aliphatic heterocycles. The van der Waals surface area contributed by atoms with Gasteiger partial charge in [-0.25, -0.2) is 0 Å². The molecule has 0 spiro atoms. The van der Waals surface area contributed by atoms with Crippen LogP contribution in [-0.4, -0.2) is 51.4 Å². The van der Waals surface area contributed by atoms with Crippen molar-refractivity contribution < 1.29 is 14.6 Å². The molecule has 1 unspecified atom stereocenters. The second-order valence-electron chi connectivity index (χ2n) is 6.67. The predicted molar refractivity (Wildman–Crippen MR) is 131 cm³/mol. The number of rotatable bonds is 11. The molecule has 0 heterocycles. The van der Waals surface area contributed by atoms with Gasteiger partial charge in [-0.3, -0.25) is 4.79 Å². The Kier molecular flexibility index (Phi) is 12.9. The van der Waals surface area contributed by atoms with E-state index in [1.165, 1.54) is 0 Å². The van der Waals surface area contributed by atoms with Gasteiger partial charge in [0.2, 0.25) is 0 Å². The molecule has 166 valence electrons. The van der Waals surface area contributed by atoms with Crippen molar-refractivity contribution in [2.45, 2.75) is 6.10 Å². The van der Waals surface area contributed by atoms with Gasteiger partial charge in [-0.05, 0) is 41.0 Å². The summed E-state index contributed by atoms with van der Waals surface area (Å²) in [5.74, 6) is 0. The first-order valence-corrected chi connectivity index (χ1v) is 10.2. The second kappa shape index (κ2) is 15.2. The number of hydrogen-bond donors (Lipinski definition) is 3. The van der Waals surface area contributed by atoms with E-state index in [1.54, 1.807) is 32.4 Å². The summed E-state index contributed by atoms with van der Waals surface area (Å²) in [5.41, 5.74) is 4.31. The lowest BCUT2D eigenvalue weighted by Gasteiger charge is -2.14. The Morgan fingerprint density at radius 2 is 1.81 bits per heavy atom. The fourth-order valence-corrected chi connectivity index (χ4v) is 2.85. The zero-order chi connectivity index (χ0) is 23.1. The summed E-state index contributed by atoms with van der Waals surface area (Å²) in [6.07, 6.45) is 3.33. The number of carbonyl (C=O) groups excluding carboxylic acids is 1. The monoisotopic (exact) mass is 442 g/mol. The first kappa shape index (κ1) is 26.3. The van der Waals surface area contributed by atoms with Gasteiger partial charge in [0.15, 0.2) is 0 Å². The lowest BCUT2D eigenvalue weighted by atomic mass is 10.0. The lowest BCUT2D eigenvalue weighted by Crippen LogP contribution is -2.31. The lowest BCUT2D eigenvalue weighted by molar-refractivity contribution is 0.112. The molecule has 31 heavy (non-hydrogen) atoms. The number of halogens is 1. The normalized spacial score (nSPS) is 11.7. The van der Waals surface area contributed by atoms with Gasteiger partial charge in [-0.1, -0.05) is 61.2 Å². The molecule has 0 radical (unpaired) electrons. The van der Waals surface area contributed by atoms with Crippen LogP contribution in [0.4, 0.5) is 5.69 Å². The van der Waals surface area contributed by atoms with Gasteiger partial charge < -0.3 is 20.5 Å². The number of hydrogen-bond acceptors (Lipinski definition) is 5. The Morgan fingerprint density at radius 3 is 2.42 bits per heavy atom. The third-order valence-electron chi connectivity index (χ3n) is 4.13. The van der Waals surface area contributed by atoms with E-state index in [-0.39, 0.29) is 0 Å². The highest BCUT2D eigenvalue weighted by molar-refractivity contribution is 6.30. The van der Waals surface area contributed by atoms with Gasteiger partial charge in [0, 0.05) is 50.1 Å². The number of ether oxygens (including phenoxy) is 1. The van der Waals surface area contributed by atoms with Gasteiger partial charge >= 0.3 is 0 Å². The summed E-state index contributed by atoms with van der Waals surface area (Å²) in [7, 11) is 3.25. The molecule has 0 aliphatic carbocycles. The van der Waals surface area contributed by atoms with Crippen molar-refractivity contribution in [3.63, 3.8) is 0 Å². The molecule has 6 heteroatoms. The van der Waals surface area contributed by atoms with Crippen molar-refractivity contribution in [2.24, 2.45) is 0 Å². The van der Waals surface area contributed by atoms with Crippen molar-refractivity contribution in [1.82, 2.24) is 5.32 Å². The maximum absolute atomic E-state index is 11.0. The molecule has 2 rings (SSSR count). The average Bonchev–Trinajstić information content (AvgIpc) is 2.77. The Balaban J connectivity index is 0.00000151. The number of aldehydes is 1. The van der Waals surface area contributed by atoms with E-state index in [4.69, 9.17) is 11.6 Å². The third-order valence-corrected chi connectivity index (χ3v) is 4.24. The van der Waals surface area contributed by atoms with Gasteiger partial charge in [0.05, 0.1) is 6.10 Å². The van der Waals surface area contributed by atoms with Crippen molar-refractivity contribution in [2.75, 3.05) is 39.2 Å². The number of allylic oxidation sites excluding steroid dienone is 2.